The zero-order chi connectivity index (χ0) is 16.4. The second kappa shape index (κ2) is 6.04. The molecule has 0 saturated carbocycles. The Balaban J connectivity index is 2.01. The van der Waals surface area contributed by atoms with E-state index in [2.05, 4.69) is 0 Å². The standard InChI is InChI=1S/C18H15NO4/c1-23-15-7-8-16-13(11-15)4-9-18(20)17(16)10-12-2-5-14(6-3-12)19(21)22/h2-3,5-8,10-11H,4,9H2,1H3/b17-10+. The minimum atomic E-state index is -0.440. The molecule has 23 heavy (non-hydrogen) atoms. The van der Waals surface area contributed by atoms with Gasteiger partial charge < -0.3 is 4.74 Å². The van der Waals surface area contributed by atoms with Crippen LogP contribution in [0.3, 0.4) is 0 Å². The van der Waals surface area contributed by atoms with E-state index >= 15 is 0 Å². The van der Waals surface area contributed by atoms with Crippen LogP contribution in [0.25, 0.3) is 11.6 Å². The van der Waals surface area contributed by atoms with Crippen molar-refractivity contribution >= 4 is 23.1 Å². The molecule has 0 atom stereocenters. The lowest BCUT2D eigenvalue weighted by molar-refractivity contribution is -0.384. The van der Waals surface area contributed by atoms with Crippen LogP contribution in [0, 0.1) is 10.1 Å². The summed E-state index contributed by atoms with van der Waals surface area (Å²) in [4.78, 5) is 22.5. The zero-order valence-electron chi connectivity index (χ0n) is 12.6. The molecule has 116 valence electrons. The van der Waals surface area contributed by atoms with Gasteiger partial charge in [0.2, 0.25) is 0 Å². The number of ether oxygens (including phenoxy) is 1. The summed E-state index contributed by atoms with van der Waals surface area (Å²) in [7, 11) is 1.61. The van der Waals surface area contributed by atoms with Gasteiger partial charge in [-0.2, -0.15) is 0 Å². The van der Waals surface area contributed by atoms with Crippen LogP contribution in [-0.2, 0) is 11.2 Å². The van der Waals surface area contributed by atoms with Crippen molar-refractivity contribution in [1.29, 1.82) is 0 Å². The SMILES string of the molecule is COc1ccc2c(c1)CCC(=O)/C2=C/c1ccc([N+](=O)[O-])cc1. The number of carbonyl (C=O) groups is 1. The Morgan fingerprint density at radius 2 is 1.87 bits per heavy atom. The molecule has 0 fully saturated rings. The molecular formula is C18H15NO4. The summed E-state index contributed by atoms with van der Waals surface area (Å²) in [5.74, 6) is 0.855. The molecule has 0 unspecified atom stereocenters. The molecule has 5 nitrogen and oxygen atoms in total. The number of benzene rings is 2. The molecule has 5 heteroatoms. The van der Waals surface area contributed by atoms with Crippen molar-refractivity contribution in [3.8, 4) is 5.75 Å². The zero-order valence-corrected chi connectivity index (χ0v) is 12.6. The summed E-state index contributed by atoms with van der Waals surface area (Å²) in [5, 5.41) is 10.7. The van der Waals surface area contributed by atoms with Gasteiger partial charge in [-0.1, -0.05) is 6.07 Å². The third kappa shape index (κ3) is 2.99. The Morgan fingerprint density at radius 1 is 1.13 bits per heavy atom. The number of hydrogen-bond acceptors (Lipinski definition) is 4. The molecule has 0 N–H and O–H groups in total. The minimum Gasteiger partial charge on any atom is -0.497 e. The van der Waals surface area contributed by atoms with Crippen LogP contribution in [0.4, 0.5) is 5.69 Å². The van der Waals surface area contributed by atoms with Crippen molar-refractivity contribution in [1.82, 2.24) is 0 Å². The summed E-state index contributed by atoms with van der Waals surface area (Å²) in [6.07, 6.45) is 2.94. The predicted octanol–water partition coefficient (Wildman–Crippen LogP) is 3.66. The fourth-order valence-corrected chi connectivity index (χ4v) is 2.72. The number of nitro benzene ring substituents is 1. The van der Waals surface area contributed by atoms with Crippen molar-refractivity contribution in [3.63, 3.8) is 0 Å². The molecule has 0 aromatic heterocycles. The average Bonchev–Trinajstić information content (AvgIpc) is 2.57. The smallest absolute Gasteiger partial charge is 0.269 e. The van der Waals surface area contributed by atoms with Gasteiger partial charge in [-0.15, -0.1) is 0 Å². The number of hydrogen-bond donors (Lipinski definition) is 0. The van der Waals surface area contributed by atoms with E-state index in [0.29, 0.717) is 18.4 Å². The number of non-ortho nitro benzene ring substituents is 1. The van der Waals surface area contributed by atoms with Crippen molar-refractivity contribution < 1.29 is 14.5 Å². The van der Waals surface area contributed by atoms with E-state index in [4.69, 9.17) is 4.74 Å². The van der Waals surface area contributed by atoms with Gasteiger partial charge in [0.15, 0.2) is 5.78 Å². The van der Waals surface area contributed by atoms with Crippen LogP contribution in [0.15, 0.2) is 42.5 Å². The number of Topliss-reactive ketones (excluding diaryl/α,β-unsaturated/α-hetero) is 1. The Bertz CT molecular complexity index is 806. The topological polar surface area (TPSA) is 69.4 Å². The lowest BCUT2D eigenvalue weighted by atomic mass is 9.85. The number of carbonyl (C=O) groups excluding carboxylic acids is 1. The van der Waals surface area contributed by atoms with Crippen LogP contribution in [0.1, 0.15) is 23.1 Å². The van der Waals surface area contributed by atoms with Gasteiger partial charge in [0, 0.05) is 24.1 Å². The van der Waals surface area contributed by atoms with Crippen molar-refractivity contribution in [2.75, 3.05) is 7.11 Å². The highest BCUT2D eigenvalue weighted by atomic mass is 16.6. The molecule has 0 bridgehead atoms. The number of allylic oxidation sites excluding steroid dienone is 1. The highest BCUT2D eigenvalue weighted by Crippen LogP contribution is 2.32. The van der Waals surface area contributed by atoms with Gasteiger partial charge >= 0.3 is 0 Å². The van der Waals surface area contributed by atoms with Gasteiger partial charge in [-0.05, 0) is 53.5 Å². The number of nitro groups is 1. The first-order chi connectivity index (χ1) is 11.1. The second-order valence-corrected chi connectivity index (χ2v) is 5.35. The van der Waals surface area contributed by atoms with Crippen LogP contribution in [0.2, 0.25) is 0 Å². The Kier molecular flexibility index (Phi) is 3.93. The van der Waals surface area contributed by atoms with Crippen molar-refractivity contribution in [3.05, 3.63) is 69.3 Å². The first-order valence-corrected chi connectivity index (χ1v) is 7.25. The van der Waals surface area contributed by atoms with E-state index in [1.807, 2.05) is 18.2 Å². The second-order valence-electron chi connectivity index (χ2n) is 5.35. The lowest BCUT2D eigenvalue weighted by Gasteiger charge is -2.19. The first-order valence-electron chi connectivity index (χ1n) is 7.25. The largest absolute Gasteiger partial charge is 0.497 e. The maximum Gasteiger partial charge on any atom is 0.269 e. The van der Waals surface area contributed by atoms with Crippen LogP contribution in [-0.4, -0.2) is 17.8 Å². The Labute approximate surface area is 133 Å². The van der Waals surface area contributed by atoms with E-state index < -0.39 is 4.92 Å². The molecule has 0 heterocycles. The quantitative estimate of drug-likeness (QED) is 0.493. The van der Waals surface area contributed by atoms with E-state index in [1.54, 1.807) is 25.3 Å². The van der Waals surface area contributed by atoms with Crippen molar-refractivity contribution in [2.45, 2.75) is 12.8 Å². The van der Waals surface area contributed by atoms with Gasteiger partial charge in [0.1, 0.15) is 5.75 Å². The average molecular weight is 309 g/mol. The summed E-state index contributed by atoms with van der Waals surface area (Å²) < 4.78 is 5.23. The van der Waals surface area contributed by atoms with Crippen LogP contribution < -0.4 is 4.74 Å². The normalized spacial score (nSPS) is 15.3. The molecule has 3 rings (SSSR count). The summed E-state index contributed by atoms with van der Waals surface area (Å²) in [6, 6.07) is 11.9. The molecule has 2 aromatic carbocycles. The third-order valence-electron chi connectivity index (χ3n) is 3.94. The molecule has 0 saturated heterocycles. The van der Waals surface area contributed by atoms with Gasteiger partial charge in [0.05, 0.1) is 12.0 Å². The maximum absolute atomic E-state index is 12.3. The Hall–Kier alpha value is -2.95. The van der Waals surface area contributed by atoms with Gasteiger partial charge in [-0.25, -0.2) is 0 Å². The number of methoxy groups -OCH3 is 1. The minimum absolute atomic E-state index is 0.0345. The van der Waals surface area contributed by atoms with Crippen LogP contribution >= 0.6 is 0 Å². The highest BCUT2D eigenvalue weighted by molar-refractivity contribution is 6.26. The predicted molar refractivity (Wildman–Crippen MR) is 87.3 cm³/mol. The first kappa shape index (κ1) is 15.0. The number of nitrogens with zero attached hydrogens (tertiary/aromatic N) is 1. The molecule has 2 aromatic rings. The van der Waals surface area contributed by atoms with Gasteiger partial charge in [0.25, 0.3) is 5.69 Å². The Morgan fingerprint density at radius 3 is 2.52 bits per heavy atom. The molecule has 0 amide bonds. The monoisotopic (exact) mass is 309 g/mol. The molecule has 1 aliphatic carbocycles. The summed E-state index contributed by atoms with van der Waals surface area (Å²) >= 11 is 0. The third-order valence-corrected chi connectivity index (χ3v) is 3.94. The van der Waals surface area contributed by atoms with Crippen LogP contribution in [0.5, 0.6) is 5.75 Å². The van der Waals surface area contributed by atoms with Crippen molar-refractivity contribution in [2.24, 2.45) is 0 Å². The fraction of sp³-hybridized carbons (Fsp3) is 0.167. The number of rotatable bonds is 3. The highest BCUT2D eigenvalue weighted by Gasteiger charge is 2.21. The van der Waals surface area contributed by atoms with Gasteiger partial charge in [-0.3, -0.25) is 14.9 Å². The fourth-order valence-electron chi connectivity index (χ4n) is 2.72. The van der Waals surface area contributed by atoms with E-state index in [-0.39, 0.29) is 11.5 Å². The maximum atomic E-state index is 12.3. The molecular weight excluding hydrogens is 294 g/mol. The number of aryl methyl sites for hydroxylation is 1. The van der Waals surface area contributed by atoms with E-state index in [9.17, 15) is 14.9 Å². The molecule has 0 spiro atoms. The molecule has 0 aliphatic heterocycles. The summed E-state index contributed by atoms with van der Waals surface area (Å²) in [6.45, 7) is 0. The molecule has 1 aliphatic rings. The van der Waals surface area contributed by atoms with E-state index in [0.717, 1.165) is 22.4 Å². The van der Waals surface area contributed by atoms with E-state index in [1.165, 1.54) is 12.1 Å². The summed E-state index contributed by atoms with van der Waals surface area (Å²) in [5.41, 5.74) is 3.43. The lowest BCUT2D eigenvalue weighted by Crippen LogP contribution is -2.12. The molecule has 0 radical (unpaired) electrons. The number of fused-ring (bicyclic) bond motifs is 1. The number of ketones is 1.